The molecule has 1 aliphatic rings. The van der Waals surface area contributed by atoms with Crippen LogP contribution in [0.15, 0.2) is 35.5 Å². The molecule has 0 saturated carbocycles. The highest BCUT2D eigenvalue weighted by Gasteiger charge is 2.20. The predicted octanol–water partition coefficient (Wildman–Crippen LogP) is 4.12. The van der Waals surface area contributed by atoms with Crippen molar-refractivity contribution in [2.75, 3.05) is 10.5 Å². The van der Waals surface area contributed by atoms with E-state index in [-0.39, 0.29) is 11.7 Å². The molecule has 0 radical (unpaired) electrons. The molecule has 2 heterocycles. The van der Waals surface area contributed by atoms with Crippen molar-refractivity contribution in [1.82, 2.24) is 4.98 Å². The van der Waals surface area contributed by atoms with E-state index in [1.54, 1.807) is 24.4 Å². The van der Waals surface area contributed by atoms with Crippen LogP contribution in [0.5, 0.6) is 0 Å². The van der Waals surface area contributed by atoms with Crippen LogP contribution in [-0.2, 0) is 16.4 Å². The molecular weight excluding hydrogens is 358 g/mol. The number of pyridine rings is 1. The van der Waals surface area contributed by atoms with Crippen molar-refractivity contribution in [3.8, 4) is 0 Å². The average Bonchev–Trinajstić information content (AvgIpc) is 2.90. The molecule has 0 amide bonds. The molecule has 132 valence electrons. The summed E-state index contributed by atoms with van der Waals surface area (Å²) in [6.07, 6.45) is 2.41. The Morgan fingerprint density at radius 2 is 2.04 bits per heavy atom. The number of hydrogen-bond donors (Lipinski definition) is 1. The maximum Gasteiger partial charge on any atom is 0.232 e. The number of nitrogens with one attached hydrogen (secondary N) is 1. The fourth-order valence-electron chi connectivity index (χ4n) is 2.83. The second kappa shape index (κ2) is 6.77. The Balaban J connectivity index is 1.89. The lowest BCUT2D eigenvalue weighted by Gasteiger charge is -2.12. The van der Waals surface area contributed by atoms with Crippen molar-refractivity contribution in [1.29, 1.82) is 0 Å². The number of nitrogens with zero attached hydrogens (tertiary/aromatic N) is 2. The van der Waals surface area contributed by atoms with Crippen LogP contribution < -0.4 is 4.72 Å². The van der Waals surface area contributed by atoms with Crippen LogP contribution in [0.25, 0.3) is 0 Å². The number of anilines is 1. The van der Waals surface area contributed by atoms with Gasteiger partial charge in [-0.25, -0.2) is 18.4 Å². The van der Waals surface area contributed by atoms with E-state index >= 15 is 0 Å². The zero-order valence-electron chi connectivity index (χ0n) is 14.4. The molecule has 0 bridgehead atoms. The molecule has 3 rings (SSSR count). The highest BCUT2D eigenvalue weighted by Crippen LogP contribution is 2.31. The van der Waals surface area contributed by atoms with Gasteiger partial charge in [0.05, 0.1) is 11.5 Å². The van der Waals surface area contributed by atoms with Crippen LogP contribution >= 0.6 is 11.6 Å². The van der Waals surface area contributed by atoms with E-state index in [2.05, 4.69) is 20.8 Å². The Morgan fingerprint density at radius 1 is 1.28 bits per heavy atom. The van der Waals surface area contributed by atoms with E-state index in [0.717, 1.165) is 22.4 Å². The van der Waals surface area contributed by atoms with Gasteiger partial charge in [-0.15, -0.1) is 0 Å². The van der Waals surface area contributed by atoms with Crippen molar-refractivity contribution in [2.24, 2.45) is 10.9 Å². The molecule has 0 fully saturated rings. The summed E-state index contributed by atoms with van der Waals surface area (Å²) in [5, 5.41) is 0.537. The van der Waals surface area contributed by atoms with Crippen molar-refractivity contribution in [3.05, 3.63) is 52.2 Å². The fourth-order valence-corrected chi connectivity index (χ4v) is 4.50. The molecule has 0 spiro atoms. The third-order valence-corrected chi connectivity index (χ3v) is 5.76. The monoisotopic (exact) mass is 377 g/mol. The maximum atomic E-state index is 12.2. The van der Waals surface area contributed by atoms with Crippen LogP contribution in [0.2, 0.25) is 5.02 Å². The lowest BCUT2D eigenvalue weighted by Crippen LogP contribution is -2.20. The highest BCUT2D eigenvalue weighted by atomic mass is 35.5. The molecule has 1 aromatic heterocycles. The van der Waals surface area contributed by atoms with E-state index in [1.165, 1.54) is 0 Å². The van der Waals surface area contributed by atoms with Gasteiger partial charge in [0, 0.05) is 34.5 Å². The molecule has 1 aromatic carbocycles. The van der Waals surface area contributed by atoms with Gasteiger partial charge in [-0.1, -0.05) is 31.5 Å². The minimum Gasteiger partial charge on any atom is -0.284 e. The molecule has 1 N–H and O–H groups in total. The summed E-state index contributed by atoms with van der Waals surface area (Å²) in [6, 6.07) is 7.14. The van der Waals surface area contributed by atoms with Gasteiger partial charge in [0.15, 0.2) is 5.82 Å². The van der Waals surface area contributed by atoms with E-state index in [1.807, 2.05) is 20.8 Å². The Kier molecular flexibility index (Phi) is 4.84. The van der Waals surface area contributed by atoms with Crippen LogP contribution in [0, 0.1) is 12.8 Å². The summed E-state index contributed by atoms with van der Waals surface area (Å²) in [5.41, 5.74) is 4.14. The first-order valence-corrected chi connectivity index (χ1v) is 10.1. The van der Waals surface area contributed by atoms with Gasteiger partial charge in [-0.3, -0.25) is 4.72 Å². The van der Waals surface area contributed by atoms with Crippen molar-refractivity contribution < 1.29 is 8.42 Å². The van der Waals surface area contributed by atoms with Crippen molar-refractivity contribution in [3.63, 3.8) is 0 Å². The number of aryl methyl sites for hydroxylation is 1. The van der Waals surface area contributed by atoms with Gasteiger partial charge in [-0.2, -0.15) is 0 Å². The second-order valence-corrected chi connectivity index (χ2v) is 8.88. The first-order chi connectivity index (χ1) is 11.7. The minimum absolute atomic E-state index is 0.0484. The van der Waals surface area contributed by atoms with E-state index in [0.29, 0.717) is 22.9 Å². The van der Waals surface area contributed by atoms with Gasteiger partial charge >= 0.3 is 0 Å². The smallest absolute Gasteiger partial charge is 0.232 e. The molecule has 0 aliphatic carbocycles. The van der Waals surface area contributed by atoms with Gasteiger partial charge in [0.2, 0.25) is 10.0 Å². The molecule has 0 atom stereocenters. The Bertz CT molecular complexity index is 953. The number of fused-ring (bicyclic) bond motifs is 1. The van der Waals surface area contributed by atoms with E-state index < -0.39 is 10.0 Å². The molecule has 2 aromatic rings. The molecule has 7 heteroatoms. The Morgan fingerprint density at radius 3 is 2.76 bits per heavy atom. The predicted molar refractivity (Wildman–Crippen MR) is 103 cm³/mol. The molecule has 1 aliphatic heterocycles. The normalized spacial score (nSPS) is 13.7. The summed E-state index contributed by atoms with van der Waals surface area (Å²) >= 11 is 6.33. The fraction of sp³-hybridized carbons (Fsp3) is 0.333. The van der Waals surface area contributed by atoms with Crippen LogP contribution in [-0.4, -0.2) is 24.9 Å². The molecular formula is C18H20ClN3O2S. The molecule has 0 unspecified atom stereocenters. The molecule has 0 saturated heterocycles. The minimum atomic E-state index is -3.39. The summed E-state index contributed by atoms with van der Waals surface area (Å²) < 4.78 is 26.9. The first-order valence-electron chi connectivity index (χ1n) is 8.07. The SMILES string of the molecule is Cc1cnc2c(c1)CC(c1cc(NS(=O)(=O)CC(C)C)ccc1Cl)=N2. The number of rotatable bonds is 5. The van der Waals surface area contributed by atoms with Crippen LogP contribution in [0.3, 0.4) is 0 Å². The van der Waals surface area contributed by atoms with Crippen LogP contribution in [0.1, 0.15) is 30.5 Å². The Labute approximate surface area is 153 Å². The lowest BCUT2D eigenvalue weighted by molar-refractivity contribution is 0.587. The standard InChI is InChI=1S/C18H20ClN3O2S/c1-11(2)10-25(23,24)22-14-4-5-16(19)15(8-14)17-7-13-6-12(3)9-20-18(13)21-17/h4-6,8-9,11,22H,7,10H2,1-3H3. The zero-order chi connectivity index (χ0) is 18.2. The van der Waals surface area contributed by atoms with Crippen molar-refractivity contribution >= 4 is 38.8 Å². The quantitative estimate of drug-likeness (QED) is 0.851. The third-order valence-electron chi connectivity index (χ3n) is 3.78. The van der Waals surface area contributed by atoms with Gasteiger partial charge < -0.3 is 0 Å². The number of aliphatic imine (C=N–C) groups is 1. The molecule has 5 nitrogen and oxygen atoms in total. The van der Waals surface area contributed by atoms with E-state index in [4.69, 9.17) is 11.6 Å². The maximum absolute atomic E-state index is 12.2. The molecule has 25 heavy (non-hydrogen) atoms. The largest absolute Gasteiger partial charge is 0.284 e. The summed E-state index contributed by atoms with van der Waals surface area (Å²) in [6.45, 7) is 5.72. The van der Waals surface area contributed by atoms with Crippen molar-refractivity contribution in [2.45, 2.75) is 27.2 Å². The summed E-state index contributed by atoms with van der Waals surface area (Å²) in [7, 11) is -3.39. The summed E-state index contributed by atoms with van der Waals surface area (Å²) in [4.78, 5) is 8.89. The number of aromatic nitrogens is 1. The average molecular weight is 378 g/mol. The van der Waals surface area contributed by atoms with Gasteiger partial charge in [0.1, 0.15) is 0 Å². The van der Waals surface area contributed by atoms with E-state index in [9.17, 15) is 8.42 Å². The van der Waals surface area contributed by atoms with Gasteiger partial charge in [-0.05, 0) is 36.6 Å². The number of halogens is 1. The first kappa shape index (κ1) is 17.9. The number of hydrogen-bond acceptors (Lipinski definition) is 4. The number of benzene rings is 1. The van der Waals surface area contributed by atoms with Gasteiger partial charge in [0.25, 0.3) is 0 Å². The highest BCUT2D eigenvalue weighted by molar-refractivity contribution is 7.92. The third kappa shape index (κ3) is 4.19. The van der Waals surface area contributed by atoms with Crippen LogP contribution in [0.4, 0.5) is 11.5 Å². The zero-order valence-corrected chi connectivity index (χ0v) is 15.9. The topological polar surface area (TPSA) is 71.4 Å². The lowest BCUT2D eigenvalue weighted by atomic mass is 10.0. The number of sulfonamides is 1. The Hall–Kier alpha value is -1.92. The summed E-state index contributed by atoms with van der Waals surface area (Å²) in [5.74, 6) is 0.815. The second-order valence-electron chi connectivity index (χ2n) is 6.70.